The highest BCUT2D eigenvalue weighted by atomic mass is 16.5. The van der Waals surface area contributed by atoms with Gasteiger partial charge in [0.15, 0.2) is 0 Å². The Morgan fingerprint density at radius 1 is 1.21 bits per heavy atom. The monoisotopic (exact) mass is 391 g/mol. The first-order valence-corrected chi connectivity index (χ1v) is 9.51. The van der Waals surface area contributed by atoms with Gasteiger partial charge in [0.1, 0.15) is 23.6 Å². The molecule has 0 saturated heterocycles. The molecule has 148 valence electrons. The molecule has 0 atom stereocenters. The lowest BCUT2D eigenvalue weighted by atomic mass is 9.93. The van der Waals surface area contributed by atoms with E-state index in [0.717, 1.165) is 42.3 Å². The van der Waals surface area contributed by atoms with Gasteiger partial charge in [0.25, 0.3) is 11.8 Å². The Morgan fingerprint density at radius 3 is 2.76 bits per heavy atom. The highest BCUT2D eigenvalue weighted by Gasteiger charge is 2.25. The summed E-state index contributed by atoms with van der Waals surface area (Å²) in [6, 6.07) is 9.58. The van der Waals surface area contributed by atoms with Gasteiger partial charge in [-0.05, 0) is 43.9 Å². The molecule has 1 fully saturated rings. The van der Waals surface area contributed by atoms with E-state index >= 15 is 0 Å². The molecule has 4 rings (SSSR count). The zero-order valence-electron chi connectivity index (χ0n) is 16.0. The van der Waals surface area contributed by atoms with Crippen molar-refractivity contribution in [2.75, 3.05) is 7.11 Å². The maximum absolute atomic E-state index is 12.6. The van der Waals surface area contributed by atoms with E-state index in [9.17, 15) is 4.79 Å². The molecule has 1 amide bonds. The molecule has 1 aliphatic rings. The predicted octanol–water partition coefficient (Wildman–Crippen LogP) is 2.96. The van der Waals surface area contributed by atoms with Crippen LogP contribution in [0.15, 0.2) is 36.7 Å². The number of hydrogen-bond acceptors (Lipinski definition) is 6. The number of carbonyl (C=O) groups excluding carboxylic acids is 1. The van der Waals surface area contributed by atoms with E-state index in [-0.39, 0.29) is 29.6 Å². The number of nitrogens with one attached hydrogen (secondary N) is 2. The van der Waals surface area contributed by atoms with Crippen LogP contribution in [0.1, 0.15) is 41.9 Å². The van der Waals surface area contributed by atoms with E-state index < -0.39 is 0 Å². The normalized spacial score (nSPS) is 18.8. The lowest BCUT2D eigenvalue weighted by Crippen LogP contribution is -2.39. The van der Waals surface area contributed by atoms with Crippen molar-refractivity contribution in [3.8, 4) is 17.7 Å². The topological polar surface area (TPSA) is 113 Å². The Morgan fingerprint density at radius 2 is 2.00 bits per heavy atom. The van der Waals surface area contributed by atoms with Crippen LogP contribution in [0.25, 0.3) is 10.9 Å². The molecule has 0 unspecified atom stereocenters. The number of nitriles is 1. The van der Waals surface area contributed by atoms with Gasteiger partial charge in [-0.15, -0.1) is 0 Å². The molecule has 29 heavy (non-hydrogen) atoms. The van der Waals surface area contributed by atoms with Crippen LogP contribution < -0.4 is 14.8 Å². The fourth-order valence-electron chi connectivity index (χ4n) is 3.59. The third kappa shape index (κ3) is 4.14. The van der Waals surface area contributed by atoms with Gasteiger partial charge in [0.05, 0.1) is 7.11 Å². The summed E-state index contributed by atoms with van der Waals surface area (Å²) < 4.78 is 11.1. The highest BCUT2D eigenvalue weighted by molar-refractivity contribution is 5.98. The Bertz CT molecular complexity index is 1060. The molecule has 8 nitrogen and oxygen atoms in total. The molecule has 1 aromatic carbocycles. The number of nitrogens with zero attached hydrogens (tertiary/aromatic N) is 3. The highest BCUT2D eigenvalue weighted by Crippen LogP contribution is 2.25. The molecule has 8 heteroatoms. The molecule has 2 aromatic heterocycles. The second-order valence-corrected chi connectivity index (χ2v) is 7.02. The van der Waals surface area contributed by atoms with Crippen LogP contribution in [-0.4, -0.2) is 40.1 Å². The van der Waals surface area contributed by atoms with Crippen LogP contribution in [0.3, 0.4) is 0 Å². The molecule has 0 spiro atoms. The first kappa shape index (κ1) is 18.7. The number of ether oxygens (including phenoxy) is 2. The van der Waals surface area contributed by atoms with E-state index in [0.29, 0.717) is 5.69 Å². The van der Waals surface area contributed by atoms with Crippen molar-refractivity contribution < 1.29 is 14.3 Å². The molecule has 0 radical (unpaired) electrons. The van der Waals surface area contributed by atoms with E-state index in [4.69, 9.17) is 14.7 Å². The maximum Gasteiger partial charge on any atom is 0.267 e. The predicted molar refractivity (Wildman–Crippen MR) is 106 cm³/mol. The lowest BCUT2D eigenvalue weighted by Gasteiger charge is -2.29. The van der Waals surface area contributed by atoms with Crippen molar-refractivity contribution in [3.63, 3.8) is 0 Å². The van der Waals surface area contributed by atoms with Crippen LogP contribution in [0, 0.1) is 11.3 Å². The van der Waals surface area contributed by atoms with Crippen LogP contribution in [0.4, 0.5) is 0 Å². The number of fused-ring (bicyclic) bond motifs is 1. The van der Waals surface area contributed by atoms with Crippen LogP contribution >= 0.6 is 0 Å². The molecule has 2 heterocycles. The second kappa shape index (κ2) is 8.19. The van der Waals surface area contributed by atoms with Crippen molar-refractivity contribution >= 4 is 16.8 Å². The quantitative estimate of drug-likeness (QED) is 0.691. The second-order valence-electron chi connectivity index (χ2n) is 7.02. The van der Waals surface area contributed by atoms with Gasteiger partial charge in [-0.25, -0.2) is 9.97 Å². The third-order valence-corrected chi connectivity index (χ3v) is 5.13. The number of H-pyrrole nitrogens is 1. The van der Waals surface area contributed by atoms with Crippen molar-refractivity contribution in [2.24, 2.45) is 0 Å². The molecule has 2 N–H and O–H groups in total. The van der Waals surface area contributed by atoms with Crippen molar-refractivity contribution in [1.29, 1.82) is 5.26 Å². The molecule has 0 bridgehead atoms. The van der Waals surface area contributed by atoms with Gasteiger partial charge in [-0.2, -0.15) is 5.26 Å². The van der Waals surface area contributed by atoms with Gasteiger partial charge in [-0.1, -0.05) is 0 Å². The van der Waals surface area contributed by atoms with Crippen LogP contribution in [0.2, 0.25) is 0 Å². The summed E-state index contributed by atoms with van der Waals surface area (Å²) >= 11 is 0. The lowest BCUT2D eigenvalue weighted by molar-refractivity contribution is 0.0885. The molecule has 3 aromatic rings. The molecule has 1 aliphatic carbocycles. The summed E-state index contributed by atoms with van der Waals surface area (Å²) in [7, 11) is 1.61. The number of hydrogen-bond donors (Lipinski definition) is 2. The van der Waals surface area contributed by atoms with Gasteiger partial charge < -0.3 is 19.8 Å². The smallest absolute Gasteiger partial charge is 0.267 e. The Kier molecular flexibility index (Phi) is 5.29. The Balaban J connectivity index is 1.33. The SMILES string of the molecule is COc1ccc2cc(C(=O)NC3CCC(Oc4nccnc4C#N)CC3)[nH]c2c1. The summed E-state index contributed by atoms with van der Waals surface area (Å²) in [5, 5.41) is 13.1. The zero-order valence-corrected chi connectivity index (χ0v) is 16.0. The van der Waals surface area contributed by atoms with Crippen molar-refractivity contribution in [3.05, 3.63) is 48.0 Å². The maximum atomic E-state index is 12.6. The first-order valence-electron chi connectivity index (χ1n) is 9.51. The summed E-state index contributed by atoms with van der Waals surface area (Å²) in [4.78, 5) is 23.8. The number of amides is 1. The van der Waals surface area contributed by atoms with E-state index in [1.165, 1.54) is 12.4 Å². The largest absolute Gasteiger partial charge is 0.497 e. The Hall–Kier alpha value is -3.60. The number of methoxy groups -OCH3 is 1. The van der Waals surface area contributed by atoms with Crippen LogP contribution in [-0.2, 0) is 0 Å². The summed E-state index contributed by atoms with van der Waals surface area (Å²) in [5.41, 5.74) is 1.59. The number of rotatable bonds is 5. The number of aromatic nitrogens is 3. The summed E-state index contributed by atoms with van der Waals surface area (Å²) in [6.07, 6.45) is 6.09. The first-order chi connectivity index (χ1) is 14.2. The van der Waals surface area contributed by atoms with Gasteiger partial charge in [0.2, 0.25) is 5.69 Å². The summed E-state index contributed by atoms with van der Waals surface area (Å²) in [5.74, 6) is 0.897. The van der Waals surface area contributed by atoms with Crippen molar-refractivity contribution in [2.45, 2.75) is 37.8 Å². The minimum Gasteiger partial charge on any atom is -0.497 e. The zero-order chi connectivity index (χ0) is 20.2. The number of carbonyl (C=O) groups is 1. The fraction of sp³-hybridized carbons (Fsp3) is 0.333. The van der Waals surface area contributed by atoms with E-state index in [1.54, 1.807) is 7.11 Å². The fourth-order valence-corrected chi connectivity index (χ4v) is 3.59. The average Bonchev–Trinajstić information content (AvgIpc) is 3.19. The molecular formula is C21H21N5O3. The van der Waals surface area contributed by atoms with E-state index in [1.807, 2.05) is 30.3 Å². The minimum absolute atomic E-state index is 0.0347. The van der Waals surface area contributed by atoms with E-state index in [2.05, 4.69) is 20.3 Å². The standard InChI is InChI=1S/C21H21N5O3/c1-28-16-5-2-13-10-18(26-17(13)11-16)20(27)25-14-3-6-15(7-4-14)29-21-19(12-22)23-8-9-24-21/h2,5,8-11,14-15,26H,3-4,6-7H2,1H3,(H,25,27). The summed E-state index contributed by atoms with van der Waals surface area (Å²) in [6.45, 7) is 0. The van der Waals surface area contributed by atoms with Gasteiger partial charge in [0, 0.05) is 35.4 Å². The number of benzene rings is 1. The Labute approximate surface area is 167 Å². The van der Waals surface area contributed by atoms with Gasteiger partial charge >= 0.3 is 0 Å². The third-order valence-electron chi connectivity index (χ3n) is 5.13. The average molecular weight is 391 g/mol. The molecule has 0 aliphatic heterocycles. The minimum atomic E-state index is -0.120. The number of aromatic amines is 1. The van der Waals surface area contributed by atoms with Crippen molar-refractivity contribution in [1.82, 2.24) is 20.3 Å². The molecular weight excluding hydrogens is 370 g/mol. The van der Waals surface area contributed by atoms with Gasteiger partial charge in [-0.3, -0.25) is 4.79 Å². The van der Waals surface area contributed by atoms with Crippen LogP contribution in [0.5, 0.6) is 11.6 Å². The molecule has 1 saturated carbocycles.